The van der Waals surface area contributed by atoms with E-state index in [9.17, 15) is 18.8 Å². The molecule has 164 valence electrons. The Balaban J connectivity index is 1.49. The van der Waals surface area contributed by atoms with E-state index in [-0.39, 0.29) is 24.7 Å². The van der Waals surface area contributed by atoms with Gasteiger partial charge in [0.2, 0.25) is 6.79 Å². The Hall–Kier alpha value is -3.82. The number of halogens is 1. The highest BCUT2D eigenvalue weighted by atomic mass is 19.1. The molecule has 3 rings (SSSR count). The van der Waals surface area contributed by atoms with Gasteiger partial charge in [-0.3, -0.25) is 20.4 Å². The minimum absolute atomic E-state index is 0.0880. The summed E-state index contributed by atoms with van der Waals surface area (Å²) >= 11 is 0. The molecule has 4 amide bonds. The van der Waals surface area contributed by atoms with Gasteiger partial charge in [0, 0.05) is 12.1 Å². The largest absolute Gasteiger partial charge is 0.454 e. The molecule has 1 heterocycles. The van der Waals surface area contributed by atoms with Crippen molar-refractivity contribution in [2.45, 2.75) is 32.4 Å². The summed E-state index contributed by atoms with van der Waals surface area (Å²) in [5.74, 6) is -0.479. The molecule has 9 nitrogen and oxygen atoms in total. The van der Waals surface area contributed by atoms with Gasteiger partial charge in [-0.1, -0.05) is 25.5 Å². The lowest BCUT2D eigenvalue weighted by Crippen LogP contribution is -2.54. The molecule has 31 heavy (non-hydrogen) atoms. The highest BCUT2D eigenvalue weighted by Crippen LogP contribution is 2.32. The van der Waals surface area contributed by atoms with E-state index >= 15 is 0 Å². The second-order valence-electron chi connectivity index (χ2n) is 6.81. The first-order chi connectivity index (χ1) is 15.0. The molecule has 2 aromatic rings. The Labute approximate surface area is 178 Å². The van der Waals surface area contributed by atoms with Crippen LogP contribution < -0.4 is 31.0 Å². The molecule has 10 heteroatoms. The van der Waals surface area contributed by atoms with E-state index in [0.29, 0.717) is 29.9 Å². The predicted octanol–water partition coefficient (Wildman–Crippen LogP) is 1.98. The third-order valence-electron chi connectivity index (χ3n) is 4.50. The van der Waals surface area contributed by atoms with Crippen LogP contribution >= 0.6 is 0 Å². The summed E-state index contributed by atoms with van der Waals surface area (Å²) in [5, 5.41) is 5.18. The Kier molecular flexibility index (Phi) is 7.26. The number of benzene rings is 2. The molecular formula is C21H23FN4O5. The van der Waals surface area contributed by atoms with Crippen molar-refractivity contribution >= 4 is 17.8 Å². The molecule has 1 aliphatic heterocycles. The number of carbonyl (C=O) groups excluding carboxylic acids is 3. The molecule has 1 aliphatic rings. The SMILES string of the molecule is CCCC(NC(=O)NCc1ccc(F)cc1)C(=O)NNC(=O)c1ccc2c(c1)OCO2. The second kappa shape index (κ2) is 10.3. The molecule has 0 saturated carbocycles. The maximum Gasteiger partial charge on any atom is 0.315 e. The fourth-order valence-corrected chi connectivity index (χ4v) is 2.87. The Morgan fingerprint density at radius 3 is 2.52 bits per heavy atom. The minimum atomic E-state index is -0.852. The Morgan fingerprint density at radius 1 is 1.03 bits per heavy atom. The van der Waals surface area contributed by atoms with Gasteiger partial charge in [0.15, 0.2) is 11.5 Å². The first-order valence-corrected chi connectivity index (χ1v) is 9.75. The maximum atomic E-state index is 12.9. The number of rotatable bonds is 7. The predicted molar refractivity (Wildman–Crippen MR) is 109 cm³/mol. The Morgan fingerprint density at radius 2 is 1.77 bits per heavy atom. The quantitative estimate of drug-likeness (QED) is 0.501. The fraction of sp³-hybridized carbons (Fsp3) is 0.286. The lowest BCUT2D eigenvalue weighted by molar-refractivity contribution is -0.123. The summed E-state index contributed by atoms with van der Waals surface area (Å²) < 4.78 is 23.4. The average molecular weight is 430 g/mol. The lowest BCUT2D eigenvalue weighted by atomic mass is 10.1. The van der Waals surface area contributed by atoms with E-state index in [1.54, 1.807) is 24.3 Å². The summed E-state index contributed by atoms with van der Waals surface area (Å²) in [4.78, 5) is 36.9. The van der Waals surface area contributed by atoms with Crippen molar-refractivity contribution in [3.05, 3.63) is 59.4 Å². The van der Waals surface area contributed by atoms with E-state index in [0.717, 1.165) is 0 Å². The molecule has 0 aliphatic carbocycles. The van der Waals surface area contributed by atoms with E-state index in [1.807, 2.05) is 6.92 Å². The third kappa shape index (κ3) is 6.08. The monoisotopic (exact) mass is 430 g/mol. The van der Waals surface area contributed by atoms with Crippen molar-refractivity contribution in [2.75, 3.05) is 6.79 Å². The van der Waals surface area contributed by atoms with Crippen LogP contribution in [0.4, 0.5) is 9.18 Å². The number of hydrazine groups is 1. The zero-order valence-corrected chi connectivity index (χ0v) is 16.9. The van der Waals surface area contributed by atoms with Gasteiger partial charge in [0.05, 0.1) is 0 Å². The van der Waals surface area contributed by atoms with Gasteiger partial charge in [-0.25, -0.2) is 9.18 Å². The van der Waals surface area contributed by atoms with Crippen molar-refractivity contribution in [2.24, 2.45) is 0 Å². The van der Waals surface area contributed by atoms with Gasteiger partial charge in [-0.2, -0.15) is 0 Å². The summed E-state index contributed by atoms with van der Waals surface area (Å²) in [5.41, 5.74) is 5.64. The molecule has 0 saturated heterocycles. The summed E-state index contributed by atoms with van der Waals surface area (Å²) in [6.07, 6.45) is 1.00. The number of hydrogen-bond donors (Lipinski definition) is 4. The molecule has 4 N–H and O–H groups in total. The molecule has 0 aromatic heterocycles. The van der Waals surface area contributed by atoms with Crippen LogP contribution in [0.5, 0.6) is 11.5 Å². The number of urea groups is 1. The molecule has 0 radical (unpaired) electrons. The van der Waals surface area contributed by atoms with Crippen molar-refractivity contribution < 1.29 is 28.2 Å². The number of hydrogen-bond acceptors (Lipinski definition) is 5. The van der Waals surface area contributed by atoms with Crippen LogP contribution in [-0.4, -0.2) is 30.7 Å². The van der Waals surface area contributed by atoms with Gasteiger partial charge >= 0.3 is 6.03 Å². The molecule has 0 bridgehead atoms. The van der Waals surface area contributed by atoms with E-state index in [1.165, 1.54) is 18.2 Å². The van der Waals surface area contributed by atoms with Crippen LogP contribution in [0, 0.1) is 5.82 Å². The number of fused-ring (bicyclic) bond motifs is 1. The van der Waals surface area contributed by atoms with Gasteiger partial charge in [0.1, 0.15) is 11.9 Å². The van der Waals surface area contributed by atoms with Gasteiger partial charge in [-0.05, 0) is 42.3 Å². The first-order valence-electron chi connectivity index (χ1n) is 9.75. The fourth-order valence-electron chi connectivity index (χ4n) is 2.87. The number of ether oxygens (including phenoxy) is 2. The number of amides is 4. The van der Waals surface area contributed by atoms with Crippen molar-refractivity contribution in [3.63, 3.8) is 0 Å². The summed E-state index contributed by atoms with van der Waals surface area (Å²) in [6.45, 7) is 2.13. The van der Waals surface area contributed by atoms with Gasteiger partial charge < -0.3 is 20.1 Å². The van der Waals surface area contributed by atoms with Crippen LogP contribution in [-0.2, 0) is 11.3 Å². The van der Waals surface area contributed by atoms with Crippen molar-refractivity contribution in [1.29, 1.82) is 0 Å². The Bertz CT molecular complexity index is 951. The molecular weight excluding hydrogens is 407 g/mol. The molecule has 2 aromatic carbocycles. The highest BCUT2D eigenvalue weighted by Gasteiger charge is 2.21. The second-order valence-corrected chi connectivity index (χ2v) is 6.81. The highest BCUT2D eigenvalue weighted by molar-refractivity contribution is 5.96. The zero-order chi connectivity index (χ0) is 22.2. The van der Waals surface area contributed by atoms with Crippen molar-refractivity contribution in [1.82, 2.24) is 21.5 Å². The standard InChI is InChI=1S/C21H23FN4O5/c1-2-3-16(24-21(29)23-11-13-4-7-15(22)8-5-13)20(28)26-25-19(27)14-6-9-17-18(10-14)31-12-30-17/h4-10,16H,2-3,11-12H2,1H3,(H,25,27)(H,26,28)(H2,23,24,29). The molecule has 0 spiro atoms. The van der Waals surface area contributed by atoms with Crippen LogP contribution in [0.25, 0.3) is 0 Å². The lowest BCUT2D eigenvalue weighted by Gasteiger charge is -2.18. The van der Waals surface area contributed by atoms with Gasteiger partial charge in [0.25, 0.3) is 11.8 Å². The minimum Gasteiger partial charge on any atom is -0.454 e. The topological polar surface area (TPSA) is 118 Å². The van der Waals surface area contributed by atoms with E-state index in [4.69, 9.17) is 9.47 Å². The van der Waals surface area contributed by atoms with Crippen LogP contribution in [0.15, 0.2) is 42.5 Å². The summed E-state index contributed by atoms with van der Waals surface area (Å²) in [6, 6.07) is 8.95. The van der Waals surface area contributed by atoms with E-state index in [2.05, 4.69) is 21.5 Å². The summed E-state index contributed by atoms with van der Waals surface area (Å²) in [7, 11) is 0. The average Bonchev–Trinajstić information content (AvgIpc) is 3.24. The van der Waals surface area contributed by atoms with Crippen LogP contribution in [0.2, 0.25) is 0 Å². The molecule has 1 atom stereocenters. The molecule has 1 unspecified atom stereocenters. The van der Waals surface area contributed by atoms with E-state index < -0.39 is 23.9 Å². The van der Waals surface area contributed by atoms with Crippen molar-refractivity contribution in [3.8, 4) is 11.5 Å². The normalized spacial score (nSPS) is 12.6. The number of nitrogens with one attached hydrogen (secondary N) is 4. The van der Waals surface area contributed by atoms with Crippen LogP contribution in [0.3, 0.4) is 0 Å². The van der Waals surface area contributed by atoms with Crippen LogP contribution in [0.1, 0.15) is 35.7 Å². The maximum absolute atomic E-state index is 12.9. The van der Waals surface area contributed by atoms with Gasteiger partial charge in [-0.15, -0.1) is 0 Å². The molecule has 0 fully saturated rings. The zero-order valence-electron chi connectivity index (χ0n) is 16.9. The smallest absolute Gasteiger partial charge is 0.315 e. The number of carbonyl (C=O) groups is 3. The third-order valence-corrected chi connectivity index (χ3v) is 4.50. The first kappa shape index (κ1) is 21.9.